The summed E-state index contributed by atoms with van der Waals surface area (Å²) in [7, 11) is 0. The molecule has 0 bridgehead atoms. The Morgan fingerprint density at radius 3 is 2.42 bits per heavy atom. The van der Waals surface area contributed by atoms with Gasteiger partial charge in [0.15, 0.2) is 0 Å². The molecule has 8 nitrogen and oxygen atoms in total. The molecule has 1 fully saturated rings. The van der Waals surface area contributed by atoms with Gasteiger partial charge in [-0.05, 0) is 43.7 Å². The van der Waals surface area contributed by atoms with Crippen LogP contribution in [0.2, 0.25) is 0 Å². The number of para-hydroxylation sites is 2. The van der Waals surface area contributed by atoms with E-state index in [1.165, 1.54) is 17.0 Å². The minimum atomic E-state index is -0.468. The minimum Gasteiger partial charge on any atom is -0.462 e. The van der Waals surface area contributed by atoms with Crippen molar-refractivity contribution in [2.75, 3.05) is 47.9 Å². The number of nitrogens with one attached hydrogen (secondary N) is 1. The molecule has 1 saturated heterocycles. The van der Waals surface area contributed by atoms with Crippen molar-refractivity contribution in [2.24, 2.45) is 0 Å². The predicted octanol–water partition coefficient (Wildman–Crippen LogP) is 4.76. The minimum absolute atomic E-state index is 0.261. The number of thiophene rings is 1. The van der Waals surface area contributed by atoms with E-state index >= 15 is 0 Å². The maximum Gasteiger partial charge on any atom is 0.340 e. The fourth-order valence-corrected chi connectivity index (χ4v) is 5.52. The first-order valence-electron chi connectivity index (χ1n) is 11.9. The molecule has 0 saturated carbocycles. The van der Waals surface area contributed by atoms with Crippen LogP contribution in [0.25, 0.3) is 10.2 Å². The topological polar surface area (TPSA) is 87.7 Å². The highest BCUT2D eigenvalue weighted by Gasteiger charge is 2.25. The smallest absolute Gasteiger partial charge is 0.340 e. The molecule has 0 radical (unpaired) electrons. The van der Waals surface area contributed by atoms with Gasteiger partial charge in [-0.2, -0.15) is 0 Å². The maximum atomic E-state index is 13.3. The van der Waals surface area contributed by atoms with Gasteiger partial charge >= 0.3 is 5.97 Å². The summed E-state index contributed by atoms with van der Waals surface area (Å²) in [5.74, 6) is 0.101. The van der Waals surface area contributed by atoms with Gasteiger partial charge in [0.1, 0.15) is 17.0 Å². The van der Waals surface area contributed by atoms with E-state index < -0.39 is 5.97 Å². The van der Waals surface area contributed by atoms with Crippen molar-refractivity contribution in [3.63, 3.8) is 0 Å². The lowest BCUT2D eigenvalue weighted by molar-refractivity contribution is 0.0527. The number of ether oxygens (including phenoxy) is 1. The lowest BCUT2D eigenvalue weighted by Gasteiger charge is -2.37. The Hall–Kier alpha value is -3.98. The van der Waals surface area contributed by atoms with E-state index in [1.54, 1.807) is 37.5 Å². The van der Waals surface area contributed by atoms with Crippen molar-refractivity contribution in [3.8, 4) is 0 Å². The number of hydrogen-bond acceptors (Lipinski definition) is 8. The Kier molecular flexibility index (Phi) is 6.81. The highest BCUT2D eigenvalue weighted by Crippen LogP contribution is 2.36. The largest absolute Gasteiger partial charge is 0.462 e. The van der Waals surface area contributed by atoms with E-state index in [4.69, 9.17) is 4.74 Å². The molecule has 9 heteroatoms. The lowest BCUT2D eigenvalue weighted by Crippen LogP contribution is -2.46. The Morgan fingerprint density at radius 2 is 1.67 bits per heavy atom. The quantitative estimate of drug-likeness (QED) is 0.381. The first kappa shape index (κ1) is 23.7. The van der Waals surface area contributed by atoms with E-state index in [9.17, 15) is 9.59 Å². The SMILES string of the molecule is CCOC(=O)c1ccccc1NC(=O)c1sc2ncnc(N3CCN(c4ccccc4)CC3)c2c1C. The molecular weight excluding hydrogens is 474 g/mol. The maximum absolute atomic E-state index is 13.3. The van der Waals surface area contributed by atoms with Crippen LogP contribution in [-0.4, -0.2) is 54.6 Å². The number of piperazine rings is 1. The number of carbonyl (C=O) groups excluding carboxylic acids is 2. The van der Waals surface area contributed by atoms with Crippen molar-refractivity contribution < 1.29 is 14.3 Å². The van der Waals surface area contributed by atoms with Crippen LogP contribution in [0.4, 0.5) is 17.2 Å². The second-order valence-corrected chi connectivity index (χ2v) is 9.46. The van der Waals surface area contributed by atoms with E-state index in [0.29, 0.717) is 16.1 Å². The number of hydrogen-bond donors (Lipinski definition) is 1. The summed E-state index contributed by atoms with van der Waals surface area (Å²) in [6.07, 6.45) is 1.56. The molecule has 184 valence electrons. The van der Waals surface area contributed by atoms with Crippen molar-refractivity contribution in [1.29, 1.82) is 0 Å². The predicted molar refractivity (Wildman–Crippen MR) is 143 cm³/mol. The molecule has 36 heavy (non-hydrogen) atoms. The van der Waals surface area contributed by atoms with E-state index in [0.717, 1.165) is 47.8 Å². The third-order valence-corrected chi connectivity index (χ3v) is 7.48. The number of benzene rings is 2. The molecule has 3 heterocycles. The molecule has 0 spiro atoms. The molecule has 0 unspecified atom stereocenters. The normalized spacial score (nSPS) is 13.6. The number of nitrogens with zero attached hydrogens (tertiary/aromatic N) is 4. The van der Waals surface area contributed by atoms with Crippen LogP contribution >= 0.6 is 11.3 Å². The van der Waals surface area contributed by atoms with Crippen LogP contribution in [0, 0.1) is 6.92 Å². The number of esters is 1. The Bertz CT molecular complexity index is 1400. The zero-order valence-corrected chi connectivity index (χ0v) is 21.0. The van der Waals surface area contributed by atoms with Crippen molar-refractivity contribution in [3.05, 3.63) is 76.9 Å². The molecule has 2 aromatic carbocycles. The van der Waals surface area contributed by atoms with Gasteiger partial charge in [-0.3, -0.25) is 4.79 Å². The van der Waals surface area contributed by atoms with Gasteiger partial charge in [0.2, 0.25) is 0 Å². The van der Waals surface area contributed by atoms with Gasteiger partial charge in [-0.25, -0.2) is 14.8 Å². The average molecular weight is 502 g/mol. The Balaban J connectivity index is 1.39. The highest BCUT2D eigenvalue weighted by molar-refractivity contribution is 7.20. The van der Waals surface area contributed by atoms with Crippen LogP contribution in [0.15, 0.2) is 60.9 Å². The molecule has 1 aliphatic rings. The summed E-state index contributed by atoms with van der Waals surface area (Å²) < 4.78 is 5.13. The molecule has 1 aliphatic heterocycles. The first-order chi connectivity index (χ1) is 17.6. The summed E-state index contributed by atoms with van der Waals surface area (Å²) in [6.45, 7) is 7.36. The molecule has 0 aliphatic carbocycles. The van der Waals surface area contributed by atoms with Crippen molar-refractivity contribution in [1.82, 2.24) is 9.97 Å². The zero-order chi connectivity index (χ0) is 25.1. The summed E-state index contributed by atoms with van der Waals surface area (Å²) in [5.41, 5.74) is 2.80. The number of aryl methyl sites for hydroxylation is 1. The zero-order valence-electron chi connectivity index (χ0n) is 20.2. The van der Waals surface area contributed by atoms with Gasteiger partial charge in [-0.15, -0.1) is 11.3 Å². The molecule has 1 amide bonds. The number of fused-ring (bicyclic) bond motifs is 1. The highest BCUT2D eigenvalue weighted by atomic mass is 32.1. The third kappa shape index (κ3) is 4.61. The fraction of sp³-hybridized carbons (Fsp3) is 0.259. The molecule has 2 aromatic heterocycles. The van der Waals surface area contributed by atoms with Crippen LogP contribution < -0.4 is 15.1 Å². The monoisotopic (exact) mass is 501 g/mol. The standard InChI is InChI=1S/C27H27N5O3S/c1-3-35-27(34)20-11-7-8-12-21(20)30-25(33)23-18(2)22-24(28-17-29-26(22)36-23)32-15-13-31(14-16-32)19-9-5-4-6-10-19/h4-12,17H,3,13-16H2,1-2H3,(H,30,33). The van der Waals surface area contributed by atoms with E-state index in [-0.39, 0.29) is 12.5 Å². The molecule has 5 rings (SSSR count). The molecule has 4 aromatic rings. The number of aromatic nitrogens is 2. The lowest BCUT2D eigenvalue weighted by atomic mass is 10.1. The second kappa shape index (κ2) is 10.3. The van der Waals surface area contributed by atoms with Gasteiger partial charge in [0.25, 0.3) is 5.91 Å². The summed E-state index contributed by atoms with van der Waals surface area (Å²) in [6, 6.07) is 17.3. The number of carbonyl (C=O) groups is 2. The second-order valence-electron chi connectivity index (χ2n) is 8.46. The number of rotatable bonds is 6. The van der Waals surface area contributed by atoms with E-state index in [1.807, 2.05) is 13.0 Å². The van der Waals surface area contributed by atoms with E-state index in [2.05, 4.69) is 49.4 Å². The van der Waals surface area contributed by atoms with Crippen LogP contribution in [-0.2, 0) is 4.74 Å². The number of amides is 1. The Morgan fingerprint density at radius 1 is 0.972 bits per heavy atom. The van der Waals surface area contributed by atoms with Crippen LogP contribution in [0.1, 0.15) is 32.5 Å². The average Bonchev–Trinajstić information content (AvgIpc) is 3.26. The summed E-state index contributed by atoms with van der Waals surface area (Å²) >= 11 is 1.33. The first-order valence-corrected chi connectivity index (χ1v) is 12.7. The van der Waals surface area contributed by atoms with Gasteiger partial charge < -0.3 is 19.9 Å². The van der Waals surface area contributed by atoms with Crippen LogP contribution in [0.3, 0.4) is 0 Å². The van der Waals surface area contributed by atoms with Crippen LogP contribution in [0.5, 0.6) is 0 Å². The van der Waals surface area contributed by atoms with Gasteiger partial charge in [0.05, 0.1) is 28.1 Å². The van der Waals surface area contributed by atoms with Crippen molar-refractivity contribution in [2.45, 2.75) is 13.8 Å². The third-order valence-electron chi connectivity index (χ3n) is 6.28. The van der Waals surface area contributed by atoms with Crippen molar-refractivity contribution >= 4 is 50.6 Å². The Labute approximate surface area is 213 Å². The summed E-state index contributed by atoms with van der Waals surface area (Å²) in [5, 5.41) is 3.80. The molecular formula is C27H27N5O3S. The number of anilines is 3. The molecule has 1 N–H and O–H groups in total. The van der Waals surface area contributed by atoms with Gasteiger partial charge in [-0.1, -0.05) is 30.3 Å². The molecule has 0 atom stereocenters. The van der Waals surface area contributed by atoms with Gasteiger partial charge in [0, 0.05) is 31.9 Å². The fourth-order valence-electron chi connectivity index (χ4n) is 4.48. The summed E-state index contributed by atoms with van der Waals surface area (Å²) in [4.78, 5) is 40.7.